The minimum Gasteiger partial charge on any atom is -0.192 e. The maximum Gasteiger partial charge on any atom is 0.101 e. The molecule has 4 rings (SSSR count). The minimum absolute atomic E-state index is 0.293. The van der Waals surface area contributed by atoms with E-state index in [2.05, 4.69) is 24.3 Å². The molecular weight excluding hydrogens is 408 g/mol. The van der Waals surface area contributed by atoms with E-state index in [0.29, 0.717) is 33.4 Å². The lowest BCUT2D eigenvalue weighted by Gasteiger charge is -2.06. The number of fused-ring (bicyclic) bond motifs is 2. The average Bonchev–Trinajstić information content (AvgIpc) is 3.26. The topological polar surface area (TPSA) is 95.2 Å². The Kier molecular flexibility index (Phi) is 4.83. The first-order chi connectivity index (χ1) is 14.5. The number of benzene rings is 2. The normalized spacial score (nSPS) is 11.4. The van der Waals surface area contributed by atoms with Crippen molar-refractivity contribution in [2.75, 3.05) is 0 Å². The Morgan fingerprint density at radius 3 is 1.40 bits per heavy atom. The van der Waals surface area contributed by atoms with Crippen LogP contribution in [0.5, 0.6) is 0 Å². The van der Waals surface area contributed by atoms with Crippen LogP contribution in [-0.4, -0.2) is 0 Å². The van der Waals surface area contributed by atoms with E-state index >= 15 is 0 Å². The molecule has 0 radical (unpaired) electrons. The molecule has 0 aliphatic rings. The monoisotopic (exact) mass is 420 g/mol. The van der Waals surface area contributed by atoms with Crippen LogP contribution in [0.1, 0.15) is 32.0 Å². The van der Waals surface area contributed by atoms with Crippen LogP contribution in [0.15, 0.2) is 36.4 Å². The van der Waals surface area contributed by atoms with Crippen LogP contribution in [-0.2, 0) is 0 Å². The van der Waals surface area contributed by atoms with Crippen molar-refractivity contribution in [3.63, 3.8) is 0 Å². The first kappa shape index (κ1) is 19.4. The fraction of sp³-hybridized carbons (Fsp3) is 0.0833. The van der Waals surface area contributed by atoms with Gasteiger partial charge in [-0.15, -0.1) is 22.7 Å². The number of rotatable bonds is 2. The number of hydrogen-bond acceptors (Lipinski definition) is 6. The lowest BCUT2D eigenvalue weighted by atomic mass is 9.92. The molecule has 0 aliphatic carbocycles. The molecule has 0 unspecified atom stereocenters. The molecule has 0 N–H and O–H groups in total. The van der Waals surface area contributed by atoms with Gasteiger partial charge in [0.1, 0.15) is 12.1 Å². The van der Waals surface area contributed by atoms with Crippen LogP contribution >= 0.6 is 22.7 Å². The second-order valence-electron chi connectivity index (χ2n) is 6.69. The van der Waals surface area contributed by atoms with Crippen molar-refractivity contribution < 1.29 is 0 Å². The standard InChI is InChI=1S/C24H12N4S2/c1-13-23(17-7-15(9-25)3-5-21(17)29-13)19(11-27)20(12-28)24-14(2)30-22-6-4-16(10-26)8-18(22)24/h3-8H,1-2H3/b20-19-. The van der Waals surface area contributed by atoms with Crippen molar-refractivity contribution in [1.82, 2.24) is 0 Å². The van der Waals surface area contributed by atoms with Gasteiger partial charge >= 0.3 is 0 Å². The Bertz CT molecular complexity index is 1440. The first-order valence-corrected chi connectivity index (χ1v) is 10.6. The lowest BCUT2D eigenvalue weighted by Crippen LogP contribution is -1.92. The highest BCUT2D eigenvalue weighted by molar-refractivity contribution is 7.19. The number of nitrogens with zero attached hydrogens (tertiary/aromatic N) is 4. The van der Waals surface area contributed by atoms with Gasteiger partial charge in [-0.1, -0.05) is 0 Å². The molecule has 6 heteroatoms. The second-order valence-corrected chi connectivity index (χ2v) is 9.20. The Balaban J connectivity index is 2.12. The Labute approximate surface area is 181 Å². The summed E-state index contributed by atoms with van der Waals surface area (Å²) < 4.78 is 1.93. The molecule has 4 aromatic rings. The van der Waals surface area contributed by atoms with Crippen molar-refractivity contribution >= 4 is 54.0 Å². The van der Waals surface area contributed by atoms with Gasteiger partial charge in [-0.3, -0.25) is 0 Å². The van der Waals surface area contributed by atoms with Gasteiger partial charge in [0, 0.05) is 41.1 Å². The van der Waals surface area contributed by atoms with Crippen molar-refractivity contribution in [3.8, 4) is 24.3 Å². The van der Waals surface area contributed by atoms with Gasteiger partial charge < -0.3 is 0 Å². The van der Waals surface area contributed by atoms with E-state index in [-0.39, 0.29) is 0 Å². The molecule has 140 valence electrons. The Hall–Kier alpha value is -3.94. The molecule has 4 nitrogen and oxygen atoms in total. The number of hydrogen-bond donors (Lipinski definition) is 0. The summed E-state index contributed by atoms with van der Waals surface area (Å²) >= 11 is 3.07. The zero-order valence-electron chi connectivity index (χ0n) is 16.1. The maximum absolute atomic E-state index is 10.1. The van der Waals surface area contributed by atoms with Crippen LogP contribution in [0.4, 0.5) is 0 Å². The van der Waals surface area contributed by atoms with Gasteiger partial charge in [-0.2, -0.15) is 21.0 Å². The van der Waals surface area contributed by atoms with Crippen LogP contribution in [0, 0.1) is 59.2 Å². The van der Waals surface area contributed by atoms with E-state index in [0.717, 1.165) is 29.9 Å². The Morgan fingerprint density at radius 2 is 1.07 bits per heavy atom. The van der Waals surface area contributed by atoms with E-state index in [1.807, 2.05) is 26.0 Å². The van der Waals surface area contributed by atoms with Crippen molar-refractivity contribution in [2.24, 2.45) is 0 Å². The Morgan fingerprint density at radius 1 is 0.667 bits per heavy atom. The molecule has 0 saturated heterocycles. The average molecular weight is 421 g/mol. The third-order valence-electron chi connectivity index (χ3n) is 4.96. The molecule has 0 amide bonds. The summed E-state index contributed by atoms with van der Waals surface area (Å²) in [7, 11) is 0. The molecule has 0 saturated carbocycles. The molecule has 0 aliphatic heterocycles. The molecular formula is C24H12N4S2. The molecule has 0 atom stereocenters. The number of aryl methyl sites for hydroxylation is 2. The SMILES string of the molecule is Cc1sc2ccc(C#N)cc2c1/C(C#N)=C(/C#N)c1c(C)sc2ccc(C#N)cc12. The largest absolute Gasteiger partial charge is 0.192 e. The van der Waals surface area contributed by atoms with E-state index in [1.165, 1.54) is 22.7 Å². The zero-order chi connectivity index (χ0) is 21.4. The van der Waals surface area contributed by atoms with E-state index in [1.54, 1.807) is 24.3 Å². The van der Waals surface area contributed by atoms with Crippen LogP contribution in [0.25, 0.3) is 31.3 Å². The van der Waals surface area contributed by atoms with Gasteiger partial charge in [0.05, 0.1) is 34.4 Å². The summed E-state index contributed by atoms with van der Waals surface area (Å²) in [6.07, 6.45) is 0. The van der Waals surface area contributed by atoms with Crippen LogP contribution in [0.2, 0.25) is 0 Å². The summed E-state index contributed by atoms with van der Waals surface area (Å²) in [5, 5.41) is 40.4. The maximum atomic E-state index is 10.1. The lowest BCUT2D eigenvalue weighted by molar-refractivity contribution is 1.48. The summed E-state index contributed by atoms with van der Waals surface area (Å²) in [5.41, 5.74) is 2.99. The quantitative estimate of drug-likeness (QED) is 0.349. The molecule has 0 spiro atoms. The molecule has 0 fully saturated rings. The van der Waals surface area contributed by atoms with Gasteiger partial charge in [-0.05, 0) is 50.2 Å². The predicted molar refractivity (Wildman–Crippen MR) is 121 cm³/mol. The fourth-order valence-corrected chi connectivity index (χ4v) is 5.78. The summed E-state index contributed by atoms with van der Waals surface area (Å²) in [4.78, 5) is 1.83. The van der Waals surface area contributed by atoms with Crippen LogP contribution < -0.4 is 0 Å². The fourth-order valence-electron chi connectivity index (χ4n) is 3.67. The molecule has 0 bridgehead atoms. The van der Waals surface area contributed by atoms with Gasteiger partial charge in [-0.25, -0.2) is 0 Å². The molecule has 30 heavy (non-hydrogen) atoms. The molecule has 2 aromatic heterocycles. The second kappa shape index (κ2) is 7.47. The summed E-state index contributed by atoms with van der Waals surface area (Å²) in [5.74, 6) is 0. The summed E-state index contributed by atoms with van der Waals surface area (Å²) in [6, 6.07) is 19.6. The third-order valence-corrected chi connectivity index (χ3v) is 7.13. The van der Waals surface area contributed by atoms with Crippen LogP contribution in [0.3, 0.4) is 0 Å². The first-order valence-electron chi connectivity index (χ1n) is 8.94. The van der Waals surface area contributed by atoms with Crippen molar-refractivity contribution in [2.45, 2.75) is 13.8 Å². The van der Waals surface area contributed by atoms with Gasteiger partial charge in [0.15, 0.2) is 0 Å². The third kappa shape index (κ3) is 2.93. The van der Waals surface area contributed by atoms with Crippen molar-refractivity contribution in [1.29, 1.82) is 21.0 Å². The molecule has 2 aromatic carbocycles. The zero-order valence-corrected chi connectivity index (χ0v) is 17.7. The highest BCUT2D eigenvalue weighted by Crippen LogP contribution is 2.42. The van der Waals surface area contributed by atoms with Gasteiger partial charge in [0.25, 0.3) is 0 Å². The van der Waals surface area contributed by atoms with Gasteiger partial charge in [0.2, 0.25) is 0 Å². The minimum atomic E-state index is 0.293. The smallest absolute Gasteiger partial charge is 0.101 e. The highest BCUT2D eigenvalue weighted by atomic mass is 32.1. The van der Waals surface area contributed by atoms with E-state index < -0.39 is 0 Å². The molecule has 2 heterocycles. The van der Waals surface area contributed by atoms with Crippen molar-refractivity contribution in [3.05, 3.63) is 68.4 Å². The number of thiophene rings is 2. The predicted octanol–water partition coefficient (Wildman–Crippen LogP) is 6.43. The number of allylic oxidation sites excluding steroid dienone is 2. The highest BCUT2D eigenvalue weighted by Gasteiger charge is 2.22. The van der Waals surface area contributed by atoms with E-state index in [4.69, 9.17) is 0 Å². The van der Waals surface area contributed by atoms with E-state index in [9.17, 15) is 21.0 Å². The summed E-state index contributed by atoms with van der Waals surface area (Å²) in [6.45, 7) is 3.84. The number of nitriles is 4.